The van der Waals surface area contributed by atoms with Gasteiger partial charge in [0.1, 0.15) is 5.69 Å². The Bertz CT molecular complexity index is 2230. The second kappa shape index (κ2) is 23.2. The zero-order valence-corrected chi connectivity index (χ0v) is 36.9. The molecule has 3 N–H and O–H groups in total. The van der Waals surface area contributed by atoms with E-state index in [2.05, 4.69) is 79.5 Å². The van der Waals surface area contributed by atoms with Crippen molar-refractivity contribution in [2.75, 3.05) is 61.8 Å². The molecule has 1 unspecified atom stereocenters. The van der Waals surface area contributed by atoms with Gasteiger partial charge in [0.05, 0.1) is 17.9 Å². The maximum absolute atomic E-state index is 12.4. The van der Waals surface area contributed by atoms with Crippen molar-refractivity contribution in [3.63, 3.8) is 0 Å². The molecule has 1 aromatic heterocycles. The smallest absolute Gasteiger partial charge is 0.224 e. The van der Waals surface area contributed by atoms with Gasteiger partial charge >= 0.3 is 0 Å². The molecule has 0 spiro atoms. The van der Waals surface area contributed by atoms with Crippen LogP contribution in [0.15, 0.2) is 126 Å². The number of anilines is 3. The van der Waals surface area contributed by atoms with Gasteiger partial charge in [-0.05, 0) is 134 Å². The van der Waals surface area contributed by atoms with Gasteiger partial charge in [0.25, 0.3) is 0 Å². The van der Waals surface area contributed by atoms with Crippen molar-refractivity contribution in [1.29, 1.82) is 0 Å². The van der Waals surface area contributed by atoms with Gasteiger partial charge in [0.2, 0.25) is 11.8 Å². The predicted octanol–water partition coefficient (Wildman–Crippen LogP) is 9.21. The summed E-state index contributed by atoms with van der Waals surface area (Å²) in [6.07, 6.45) is 18.8. The van der Waals surface area contributed by atoms with E-state index in [1.165, 1.54) is 57.4 Å². The minimum atomic E-state index is 0.0535. The number of carbonyl (C=O) groups excluding carboxylic acids is 2. The maximum Gasteiger partial charge on any atom is 0.224 e. The highest BCUT2D eigenvalue weighted by Gasteiger charge is 2.19. The van der Waals surface area contributed by atoms with Crippen LogP contribution < -0.4 is 20.9 Å². The molecule has 2 fully saturated rings. The van der Waals surface area contributed by atoms with E-state index in [0.717, 1.165) is 76.9 Å². The van der Waals surface area contributed by atoms with Gasteiger partial charge in [-0.15, -0.1) is 5.10 Å². The summed E-state index contributed by atoms with van der Waals surface area (Å²) in [6, 6.07) is 24.0. The van der Waals surface area contributed by atoms with E-state index in [9.17, 15) is 9.59 Å². The monoisotopic (exact) mass is 837 g/mol. The molecule has 12 nitrogen and oxygen atoms in total. The van der Waals surface area contributed by atoms with Gasteiger partial charge in [-0.25, -0.2) is 4.68 Å². The zero-order valence-electron chi connectivity index (χ0n) is 36.9. The second-order valence-corrected chi connectivity index (χ2v) is 16.4. The number of para-hydroxylation sites is 1. The number of aryl methyl sites for hydroxylation is 1. The van der Waals surface area contributed by atoms with E-state index >= 15 is 0 Å². The lowest BCUT2D eigenvalue weighted by molar-refractivity contribution is -0.120. The van der Waals surface area contributed by atoms with Crippen LogP contribution in [0.1, 0.15) is 81.9 Å². The van der Waals surface area contributed by atoms with Crippen LogP contribution in [-0.4, -0.2) is 89.6 Å². The molecule has 2 aliphatic heterocycles. The molecule has 12 heteroatoms. The normalized spacial score (nSPS) is 16.5. The third kappa shape index (κ3) is 13.7. The molecule has 326 valence electrons. The first-order valence-corrected chi connectivity index (χ1v) is 22.1. The van der Waals surface area contributed by atoms with Crippen molar-refractivity contribution in [3.05, 3.63) is 133 Å². The van der Waals surface area contributed by atoms with Crippen molar-refractivity contribution >= 4 is 41.3 Å². The minimum Gasteiger partial charge on any atom is -0.359 e. The van der Waals surface area contributed by atoms with Crippen LogP contribution in [0.25, 0.3) is 17.0 Å². The van der Waals surface area contributed by atoms with E-state index in [1.807, 2.05) is 109 Å². The fourth-order valence-corrected chi connectivity index (χ4v) is 8.06. The summed E-state index contributed by atoms with van der Waals surface area (Å²) in [5.41, 5.74) is 9.27. The molecule has 7 rings (SSSR count). The Balaban J connectivity index is 0.000000208. The first kappa shape index (κ1) is 45.4. The lowest BCUT2D eigenvalue weighted by atomic mass is 10.0. The molecule has 2 amide bonds. The lowest BCUT2D eigenvalue weighted by Gasteiger charge is -2.19. The number of hydrogen-bond acceptors (Lipinski definition) is 9. The molecule has 1 atom stereocenters. The number of aromatic nitrogens is 3. The number of allylic oxidation sites excluding steroid dienone is 5. The number of nitrogens with zero attached hydrogens (tertiary/aromatic N) is 7. The summed E-state index contributed by atoms with van der Waals surface area (Å²) in [4.78, 5) is 35.8. The number of amides is 2. The Labute approximate surface area is 368 Å². The Morgan fingerprint density at radius 1 is 0.871 bits per heavy atom. The van der Waals surface area contributed by atoms with E-state index in [1.54, 1.807) is 0 Å². The Kier molecular flexibility index (Phi) is 17.0. The highest BCUT2D eigenvalue weighted by molar-refractivity contribution is 5.91. The molecule has 4 aromatic rings. The zero-order chi connectivity index (χ0) is 43.7. The van der Waals surface area contributed by atoms with Crippen molar-refractivity contribution in [2.45, 2.75) is 77.7 Å². The SMILES string of the molecule is C=N/C(=C\N(C)c1cccc(NC(=O)CCCN2CCCC2)c1)c1ccccc1NC(=C)C.Cc1ccccc1-c1cn(C2C=CC=C(NC(=O)CCCN3CCCC3)C2)nn1. The molecule has 2 saturated heterocycles. The molecule has 3 heterocycles. The van der Waals surface area contributed by atoms with Gasteiger partial charge in [0, 0.05) is 72.1 Å². The first-order valence-electron chi connectivity index (χ1n) is 22.1. The molecule has 3 aliphatic rings. The molecule has 3 aromatic carbocycles. The molecule has 1 aliphatic carbocycles. The van der Waals surface area contributed by atoms with E-state index < -0.39 is 0 Å². The van der Waals surface area contributed by atoms with Crippen molar-refractivity contribution in [3.8, 4) is 11.3 Å². The van der Waals surface area contributed by atoms with E-state index in [4.69, 9.17) is 0 Å². The van der Waals surface area contributed by atoms with E-state index in [0.29, 0.717) is 19.3 Å². The largest absolute Gasteiger partial charge is 0.359 e. The van der Waals surface area contributed by atoms with Crippen molar-refractivity contribution in [2.24, 2.45) is 4.99 Å². The number of rotatable bonds is 18. The summed E-state index contributed by atoms with van der Waals surface area (Å²) < 4.78 is 1.88. The third-order valence-electron chi connectivity index (χ3n) is 11.4. The maximum atomic E-state index is 12.4. The molecule has 0 saturated carbocycles. The van der Waals surface area contributed by atoms with Crippen LogP contribution in [-0.2, 0) is 9.59 Å². The number of likely N-dealkylation sites (tertiary alicyclic amines) is 2. The fraction of sp³-hybridized carbons (Fsp3) is 0.380. The van der Waals surface area contributed by atoms with Crippen LogP contribution in [0.3, 0.4) is 0 Å². The van der Waals surface area contributed by atoms with Crippen molar-refractivity contribution < 1.29 is 9.59 Å². The van der Waals surface area contributed by atoms with Gasteiger partial charge in [-0.1, -0.05) is 72.5 Å². The topological polar surface area (TPSA) is 123 Å². The summed E-state index contributed by atoms with van der Waals surface area (Å²) in [5, 5.41) is 18.1. The lowest BCUT2D eigenvalue weighted by Crippen LogP contribution is -2.27. The Morgan fingerprint density at radius 2 is 1.53 bits per heavy atom. The molecule has 0 bridgehead atoms. The van der Waals surface area contributed by atoms with Crippen LogP contribution in [0.5, 0.6) is 0 Å². The Morgan fingerprint density at radius 3 is 2.21 bits per heavy atom. The number of hydrogen-bond donors (Lipinski definition) is 3. The second-order valence-electron chi connectivity index (χ2n) is 16.4. The van der Waals surface area contributed by atoms with Crippen LogP contribution in [0.2, 0.25) is 0 Å². The predicted molar refractivity (Wildman–Crippen MR) is 255 cm³/mol. The molecule has 0 radical (unpaired) electrons. The summed E-state index contributed by atoms with van der Waals surface area (Å²) >= 11 is 0. The average Bonchev–Trinajstić information content (AvgIpc) is 4.09. The molecule has 62 heavy (non-hydrogen) atoms. The Hall–Kier alpha value is -6.11. The molecular formula is C50H64N10O2. The summed E-state index contributed by atoms with van der Waals surface area (Å²) in [5.74, 6) is 0.154. The van der Waals surface area contributed by atoms with Crippen LogP contribution >= 0.6 is 0 Å². The number of benzene rings is 3. The summed E-state index contributed by atoms with van der Waals surface area (Å²) in [7, 11) is 1.96. The van der Waals surface area contributed by atoms with Gasteiger partial charge < -0.3 is 30.7 Å². The average molecular weight is 837 g/mol. The highest BCUT2D eigenvalue weighted by atomic mass is 16.2. The molecular weight excluding hydrogens is 773 g/mol. The third-order valence-corrected chi connectivity index (χ3v) is 11.4. The highest BCUT2D eigenvalue weighted by Crippen LogP contribution is 2.29. The number of nitrogens with one attached hydrogen (secondary N) is 3. The quantitative estimate of drug-likeness (QED) is 0.0849. The summed E-state index contributed by atoms with van der Waals surface area (Å²) in [6.45, 7) is 18.4. The minimum absolute atomic E-state index is 0.0535. The van der Waals surface area contributed by atoms with E-state index in [-0.39, 0.29) is 17.9 Å². The fourth-order valence-electron chi connectivity index (χ4n) is 8.06. The van der Waals surface area contributed by atoms with Gasteiger partial charge in [-0.2, -0.15) is 0 Å². The van der Waals surface area contributed by atoms with Crippen molar-refractivity contribution in [1.82, 2.24) is 30.1 Å². The standard InChI is InChI=1S/C27H35N5O.C23H29N5O/c1-21(2)29-25-14-6-5-13-24(25)26(28-3)20-31(4)23-12-9-11-22(19-23)30-27(33)15-10-18-32-16-7-8-17-32;1-18-8-2-3-11-21(18)22-17-28(26-25-22)20-10-6-9-19(16-20)24-23(29)12-7-15-27-13-4-5-14-27/h5-6,9,11-14,19-20,29H,1,3,7-8,10,15-18H2,2,4H3,(H,30,33);2-3,6,8-11,17,20H,4-5,7,12-16H2,1H3,(H,24,29)/b26-20-;. The number of aliphatic imine (C=N–C) groups is 1. The van der Waals surface area contributed by atoms with Gasteiger partial charge in [-0.3, -0.25) is 14.6 Å². The van der Waals surface area contributed by atoms with Crippen LogP contribution in [0, 0.1) is 6.92 Å². The number of carbonyl (C=O) groups is 2. The first-order chi connectivity index (χ1) is 30.1. The van der Waals surface area contributed by atoms with Gasteiger partial charge in [0.15, 0.2) is 0 Å². The van der Waals surface area contributed by atoms with Crippen LogP contribution in [0.4, 0.5) is 17.1 Å².